The number of Topliss-reactive ketones (excluding diaryl/α,β-unsaturated/α-hetero) is 1. The third kappa shape index (κ3) is 25.4. The van der Waals surface area contributed by atoms with Crippen LogP contribution in [0.3, 0.4) is 0 Å². The summed E-state index contributed by atoms with van der Waals surface area (Å²) in [6.07, 6.45) is -4.70. The number of ether oxygens (including phenoxy) is 8. The van der Waals surface area contributed by atoms with Crippen LogP contribution in [0.1, 0.15) is 204 Å². The number of aromatic amines is 2. The average molecular weight is 2800 g/mol. The van der Waals surface area contributed by atoms with Gasteiger partial charge in [-0.15, -0.1) is 6.58 Å². The molecule has 11 fully saturated rings. The minimum absolute atomic E-state index is 0. The minimum atomic E-state index is -2.74. The maximum atomic E-state index is 12.3. The van der Waals surface area contributed by atoms with Crippen LogP contribution in [0.2, 0.25) is 66.5 Å². The Morgan fingerprint density at radius 3 is 1.18 bits per heavy atom. The molecule has 724 valence electrons. The quantitative estimate of drug-likeness (QED) is 0.0373. The Labute approximate surface area is 850 Å². The van der Waals surface area contributed by atoms with E-state index in [-0.39, 0.29) is 202 Å². The van der Waals surface area contributed by atoms with Crippen molar-refractivity contribution in [2.45, 2.75) is 373 Å². The molecule has 11 saturated heterocycles. The van der Waals surface area contributed by atoms with Crippen LogP contribution in [-0.2, 0) is 81.6 Å². The van der Waals surface area contributed by atoms with Gasteiger partial charge in [-0.3, -0.25) is 28.7 Å². The molecule has 11 aliphatic heterocycles. The van der Waals surface area contributed by atoms with Crippen LogP contribution < -0.4 is 22.5 Å². The predicted molar refractivity (Wildman–Crippen MR) is 466 cm³/mol. The molecule has 13 rings (SSSR count). The second-order valence-electron chi connectivity index (χ2n) is 37.6. The number of nitrogens with zero attached hydrogens (tertiary/aromatic N) is 2. The Bertz CT molecular complexity index is 3910. The monoisotopic (exact) mass is 2800 g/mol. The fourth-order valence-corrected chi connectivity index (χ4v) is 52.3. The van der Waals surface area contributed by atoms with Crippen molar-refractivity contribution in [2.75, 3.05) is 52.9 Å². The van der Waals surface area contributed by atoms with Crippen molar-refractivity contribution in [2.24, 2.45) is 0 Å². The molecule has 2 aromatic rings. The first-order chi connectivity index (χ1) is 57.5. The van der Waals surface area contributed by atoms with Crippen LogP contribution >= 0.6 is 0 Å². The number of hydrogen-bond donors (Lipinski definition) is 11. The number of H-pyrrole nitrogens is 2. The van der Waals surface area contributed by atoms with Crippen LogP contribution in [0.5, 0.6) is 0 Å². The number of nitrogens with one attached hydrogen (secondary N) is 2. The van der Waals surface area contributed by atoms with Gasteiger partial charge in [-0.25, -0.2) is 16.2 Å². The van der Waals surface area contributed by atoms with E-state index in [1.165, 1.54) is 53.5 Å². The molecule has 0 bridgehead atoms. The van der Waals surface area contributed by atoms with E-state index in [1.54, 1.807) is 6.08 Å². The molecule has 2 aromatic heterocycles. The molecule has 0 radical (unpaired) electrons. The molecule has 13 heterocycles. The van der Waals surface area contributed by atoms with Crippen molar-refractivity contribution in [1.29, 1.82) is 0 Å². The normalized spacial score (nSPS) is 33.5. The first-order valence-corrected chi connectivity index (χ1v) is 55.7. The molecule has 11 N–H and O–H groups in total. The molecule has 0 amide bonds. The van der Waals surface area contributed by atoms with E-state index in [2.05, 4.69) is 187 Å². The van der Waals surface area contributed by atoms with Crippen molar-refractivity contribution >= 4 is 57.1 Å². The molecular weight excluding hydrogens is 2660 g/mol. The summed E-state index contributed by atoms with van der Waals surface area (Å²) in [5.74, 6) is -0.103. The Balaban J connectivity index is 0.000000323. The number of hydrogen-bond acceptors (Lipinski definition) is 31. The van der Waals surface area contributed by atoms with Gasteiger partial charge >= 0.3 is 62.7 Å². The Morgan fingerprint density at radius 1 is 0.472 bits per heavy atom. The van der Waals surface area contributed by atoms with Crippen LogP contribution in [0.4, 0.5) is 0 Å². The van der Waals surface area contributed by atoms with E-state index >= 15 is 0 Å². The van der Waals surface area contributed by atoms with Gasteiger partial charge in [0.15, 0.2) is 12.5 Å². The number of ketones is 1. The molecular formula is C82H146N4O31Si6U4-4. The Hall–Kier alpha value is 1.11. The van der Waals surface area contributed by atoms with Gasteiger partial charge in [0, 0.05) is 162 Å². The predicted octanol–water partition coefficient (Wildman–Crippen LogP) is 7.29. The average Bonchev–Trinajstić information content (AvgIpc) is 1.63. The standard InChI is InChI=1S/C20H39O5Si2.C17H35O5Si2.C17H33O5Si2.C12H16N2O6.C11H14N2O6.C5H9O4.4U/c1-10-11-20(21)13-22-18-12-23-26(14(2)3,15(4)5)25-27(16(6)7,17(8)9)24-19(18)20;2*1-11(2)23(12(3)4)20-10-16-17(15(18)9-19-16)21-24(22-23,13(5)6)14(7)8;15-6-7-9(17)12(3-1-5-19-12)10(20-7)14-4-2-8(16)13-11(14)18;14-5-6-8(16)11(2-4-18-11)9(19-6)13-3-1-7(15)12-10(13)17;6-1-4-5(8)3(7)2-9-4;;;;/h10,13-19,21H,1,11-12H2,2-9H3;9,11-18H,10H2,1-8H3;9,11-14,16-17H,10H2,1-8H3;2,4,7,9-10,15,17H,1,3,5-6H2,(H,13,16,18);1,3,6,8-9,14,16H,2,4-5H2,(H,12,15,17);2-8H,1H2;;;;/q3*-1;;;-1;;;;/t18?,19-,20-;15-,16?,17-;16?,17-;7?,9-,10?,12+;6?,8-,9?,11+;3-,4?,5-;;;;/m100110..../s1. The molecule has 11 aliphatic rings. The van der Waals surface area contributed by atoms with Gasteiger partial charge in [0.1, 0.15) is 41.7 Å². The topological polar surface area (TPSA) is 466 Å². The first kappa shape index (κ1) is 120. The SMILES string of the molecule is C=CC[C@@]1(O)[CH-]OC2CO[Si](C(C)C)(C(C)C)O[Si](C(C)C)(C(C)C)O[C@H]21.CC(C)[Si]1(C(C)C)OCC2O[CH-]C(=O)[C@@H]2O[Si](C(C)C)(C(C)C)O1.CC(C)[Si]1(C(C)C)OCC2O[CH-][C@H](O)[C@@H]2O[Si](C(C)C)(C(C)C)O1.O=c1ccn(C2OC(CO)[C@@H](O)[C@@]23CCCO3)c(=O)[nH]1.O=c1ccn(C2OC(CO)[C@@H](O)[C@@]23CCO3)c(=O)[nH]1.OCC1O[CH-][C@H](O)[C@@H]1O.[U].[U].[U].[U]. The van der Waals surface area contributed by atoms with Crippen LogP contribution in [0, 0.1) is 151 Å². The summed E-state index contributed by atoms with van der Waals surface area (Å²) in [7, 11) is -15.7. The summed E-state index contributed by atoms with van der Waals surface area (Å²) in [6, 6.07) is 2.39. The molecule has 0 saturated carbocycles. The maximum absolute atomic E-state index is 12.3. The minimum Gasteiger partial charge on any atom is -0.544 e. The summed E-state index contributed by atoms with van der Waals surface area (Å²) < 4.78 is 107. The fraction of sp³-hybridized carbons (Fsp3) is 0.817. The van der Waals surface area contributed by atoms with Gasteiger partial charge in [0.05, 0.1) is 94.8 Å². The summed E-state index contributed by atoms with van der Waals surface area (Å²) in [4.78, 5) is 62.4. The van der Waals surface area contributed by atoms with Gasteiger partial charge in [-0.05, 0) is 104 Å². The van der Waals surface area contributed by atoms with Gasteiger partial charge < -0.3 is 128 Å². The van der Waals surface area contributed by atoms with Crippen molar-refractivity contribution in [3.63, 3.8) is 0 Å². The number of aromatic nitrogens is 4. The number of fused-ring (bicyclic) bond motifs is 3. The van der Waals surface area contributed by atoms with Crippen LogP contribution in [0.25, 0.3) is 0 Å². The number of carbonyl (C=O) groups is 1. The van der Waals surface area contributed by atoms with Crippen molar-refractivity contribution in [1.82, 2.24) is 19.1 Å². The largest absolute Gasteiger partial charge is 0.544 e. The zero-order valence-electron chi connectivity index (χ0n) is 78.5. The third-order valence-corrected chi connectivity index (χ3v) is 56.5. The summed E-state index contributed by atoms with van der Waals surface area (Å²) >= 11 is 0. The molecule has 19 atom stereocenters. The van der Waals surface area contributed by atoms with Crippen molar-refractivity contribution in [3.8, 4) is 0 Å². The van der Waals surface area contributed by atoms with Gasteiger partial charge in [0.25, 0.3) is 11.1 Å². The van der Waals surface area contributed by atoms with E-state index in [1.807, 2.05) is 0 Å². The van der Waals surface area contributed by atoms with Gasteiger partial charge in [0.2, 0.25) is 0 Å². The molecule has 127 heavy (non-hydrogen) atoms. The molecule has 8 unspecified atom stereocenters. The van der Waals surface area contributed by atoms with Crippen LogP contribution in [0.15, 0.2) is 56.4 Å². The molecule has 45 heteroatoms. The van der Waals surface area contributed by atoms with Crippen molar-refractivity contribution in [3.05, 3.63) is 105 Å². The Kier molecular flexibility index (Phi) is 47.9. The number of rotatable bonds is 19. The first-order valence-electron chi connectivity index (χ1n) is 43.8. The Morgan fingerprint density at radius 2 is 0.843 bits per heavy atom. The second-order valence-corrected chi connectivity index (χ2v) is 64.2. The third-order valence-electron chi connectivity index (χ3n) is 25.8. The summed E-state index contributed by atoms with van der Waals surface area (Å²) in [6.45, 7) is 62.5. The zero-order chi connectivity index (χ0) is 92.0. The second kappa shape index (κ2) is 50.5. The molecule has 35 nitrogen and oxygen atoms in total. The number of aliphatic hydroxyl groups excluding tert-OH is 8. The van der Waals surface area contributed by atoms with E-state index in [0.717, 1.165) is 13.0 Å². The van der Waals surface area contributed by atoms with E-state index in [4.69, 9.17) is 87.4 Å². The van der Waals surface area contributed by atoms with E-state index < -0.39 is 170 Å². The summed E-state index contributed by atoms with van der Waals surface area (Å²) in [5, 5.41) is 86.5. The number of carbonyl (C=O) groups excluding carboxylic acids is 1. The summed E-state index contributed by atoms with van der Waals surface area (Å²) in [5.41, 5.74) is -2.38. The molecule has 2 spiro atoms. The maximum Gasteiger partial charge on any atom is 0.335 e. The molecule has 0 aliphatic carbocycles. The van der Waals surface area contributed by atoms with Crippen LogP contribution in [-0.4, -0.2) is 277 Å². The van der Waals surface area contributed by atoms with Crippen molar-refractivity contribution < 1.29 is 252 Å². The van der Waals surface area contributed by atoms with E-state index in [0.29, 0.717) is 85.5 Å². The van der Waals surface area contributed by atoms with E-state index in [9.17, 15) is 54.6 Å². The van der Waals surface area contributed by atoms with Gasteiger partial charge in [-0.1, -0.05) is 172 Å². The van der Waals surface area contributed by atoms with Gasteiger partial charge in [-0.2, -0.15) is 19.8 Å². The zero-order valence-corrected chi connectivity index (χ0v) is 101. The smallest absolute Gasteiger partial charge is 0.335 e. The molecule has 0 aromatic carbocycles. The number of aliphatic hydroxyl groups is 9. The fourth-order valence-electron chi connectivity index (χ4n) is 18.7.